The fourth-order valence-electron chi connectivity index (χ4n) is 3.41. The third-order valence-corrected chi connectivity index (χ3v) is 4.59. The van der Waals surface area contributed by atoms with Gasteiger partial charge in [-0.1, -0.05) is 6.07 Å². The number of rotatable bonds is 4. The molecule has 6 nitrogen and oxygen atoms in total. The van der Waals surface area contributed by atoms with Gasteiger partial charge < -0.3 is 20.1 Å². The molecule has 0 bridgehead atoms. The van der Waals surface area contributed by atoms with Crippen molar-refractivity contribution in [1.82, 2.24) is 10.2 Å². The van der Waals surface area contributed by atoms with Crippen molar-refractivity contribution in [1.29, 1.82) is 0 Å². The summed E-state index contributed by atoms with van der Waals surface area (Å²) in [4.78, 5) is 25.2. The molecule has 3 rings (SSSR count). The zero-order valence-electron chi connectivity index (χ0n) is 13.5. The number of aryl methyl sites for hydroxylation is 1. The van der Waals surface area contributed by atoms with Gasteiger partial charge in [-0.05, 0) is 36.5 Å². The number of fused-ring (bicyclic) bond motifs is 1. The maximum Gasteiger partial charge on any atom is 0.257 e. The Morgan fingerprint density at radius 1 is 1.35 bits per heavy atom. The van der Waals surface area contributed by atoms with Gasteiger partial charge in [-0.3, -0.25) is 9.59 Å². The van der Waals surface area contributed by atoms with E-state index in [-0.39, 0.29) is 31.4 Å². The van der Waals surface area contributed by atoms with Crippen molar-refractivity contribution in [2.45, 2.75) is 31.8 Å². The van der Waals surface area contributed by atoms with Crippen LogP contribution in [0.4, 0.5) is 0 Å². The number of benzene rings is 1. The first-order valence-electron chi connectivity index (χ1n) is 7.88. The molecular weight excluding hydrogens is 296 g/mol. The lowest BCUT2D eigenvalue weighted by Gasteiger charge is -2.46. The molecule has 1 saturated heterocycles. The Morgan fingerprint density at radius 2 is 2.09 bits per heavy atom. The van der Waals surface area contributed by atoms with E-state index in [1.54, 1.807) is 12.0 Å². The number of hydrogen-bond donors (Lipinski definition) is 2. The number of methoxy groups -OCH3 is 1. The van der Waals surface area contributed by atoms with Gasteiger partial charge in [0, 0.05) is 13.5 Å². The van der Waals surface area contributed by atoms with Crippen LogP contribution in [0.1, 0.15) is 34.8 Å². The number of nitrogens with one attached hydrogen (secondary N) is 1. The molecule has 1 aromatic carbocycles. The van der Waals surface area contributed by atoms with E-state index in [0.29, 0.717) is 11.3 Å². The van der Waals surface area contributed by atoms with Gasteiger partial charge in [0.2, 0.25) is 5.91 Å². The van der Waals surface area contributed by atoms with E-state index < -0.39 is 5.60 Å². The zero-order chi connectivity index (χ0) is 16.6. The molecule has 0 saturated carbocycles. The third kappa shape index (κ3) is 2.91. The Balaban J connectivity index is 1.72. The van der Waals surface area contributed by atoms with E-state index in [0.717, 1.165) is 24.8 Å². The van der Waals surface area contributed by atoms with E-state index >= 15 is 0 Å². The normalized spacial score (nSPS) is 18.1. The number of amides is 2. The van der Waals surface area contributed by atoms with Crippen molar-refractivity contribution in [2.24, 2.45) is 0 Å². The highest BCUT2D eigenvalue weighted by atomic mass is 16.5. The summed E-state index contributed by atoms with van der Waals surface area (Å²) in [6.45, 7) is 1.99. The summed E-state index contributed by atoms with van der Waals surface area (Å²) in [5.74, 6) is 0.342. The standard InChI is InChI=1S/C17H22N2O4/c1-11(20)18-8-17(22)9-19(10-17)16(21)14-7-6-12-4-3-5-13(12)15(14)23-2/h6-7,22H,3-5,8-10H2,1-2H3,(H,18,20). The lowest BCUT2D eigenvalue weighted by Crippen LogP contribution is -2.67. The lowest BCUT2D eigenvalue weighted by molar-refractivity contribution is -0.123. The number of ether oxygens (including phenoxy) is 1. The highest BCUT2D eigenvalue weighted by Crippen LogP contribution is 2.35. The minimum Gasteiger partial charge on any atom is -0.496 e. The van der Waals surface area contributed by atoms with Crippen molar-refractivity contribution in [3.8, 4) is 5.75 Å². The second-order valence-corrected chi connectivity index (χ2v) is 6.43. The van der Waals surface area contributed by atoms with Gasteiger partial charge in [-0.15, -0.1) is 0 Å². The van der Waals surface area contributed by atoms with Crippen LogP contribution in [0.2, 0.25) is 0 Å². The molecule has 1 aromatic rings. The Morgan fingerprint density at radius 3 is 2.74 bits per heavy atom. The third-order valence-electron chi connectivity index (χ3n) is 4.59. The molecule has 0 spiro atoms. The molecule has 23 heavy (non-hydrogen) atoms. The van der Waals surface area contributed by atoms with E-state index in [1.807, 2.05) is 12.1 Å². The summed E-state index contributed by atoms with van der Waals surface area (Å²) in [6, 6.07) is 3.82. The second kappa shape index (κ2) is 5.85. The molecule has 2 amide bonds. The smallest absolute Gasteiger partial charge is 0.257 e. The fraction of sp³-hybridized carbons (Fsp3) is 0.529. The molecule has 2 N–H and O–H groups in total. The predicted molar refractivity (Wildman–Crippen MR) is 84.6 cm³/mol. The quantitative estimate of drug-likeness (QED) is 0.848. The number of likely N-dealkylation sites (tertiary alicyclic amines) is 1. The molecule has 0 unspecified atom stereocenters. The number of aliphatic hydroxyl groups is 1. The Bertz CT molecular complexity index is 650. The van der Waals surface area contributed by atoms with Crippen LogP contribution in [-0.4, -0.2) is 54.2 Å². The van der Waals surface area contributed by atoms with Crippen molar-refractivity contribution in [3.63, 3.8) is 0 Å². The number of nitrogens with zero attached hydrogens (tertiary/aromatic N) is 1. The molecule has 0 atom stereocenters. The number of carbonyl (C=O) groups is 2. The molecule has 0 radical (unpaired) electrons. The van der Waals surface area contributed by atoms with Crippen LogP contribution in [-0.2, 0) is 17.6 Å². The molecule has 0 aromatic heterocycles. The fourth-order valence-corrected chi connectivity index (χ4v) is 3.41. The average molecular weight is 318 g/mol. The Labute approximate surface area is 135 Å². The topological polar surface area (TPSA) is 78.9 Å². The van der Waals surface area contributed by atoms with Gasteiger partial charge in [0.15, 0.2) is 0 Å². The van der Waals surface area contributed by atoms with Crippen LogP contribution in [0.3, 0.4) is 0 Å². The van der Waals surface area contributed by atoms with Gasteiger partial charge in [-0.25, -0.2) is 0 Å². The molecular formula is C17H22N2O4. The summed E-state index contributed by atoms with van der Waals surface area (Å²) in [7, 11) is 1.59. The summed E-state index contributed by atoms with van der Waals surface area (Å²) in [5.41, 5.74) is 1.90. The average Bonchev–Trinajstić information content (AvgIpc) is 2.97. The molecule has 1 aliphatic carbocycles. The molecule has 124 valence electrons. The number of β-amino-alcohol motifs (C(OH)–C–C–N with tert-alkyl or cyclic N) is 1. The van der Waals surface area contributed by atoms with Gasteiger partial charge in [0.25, 0.3) is 5.91 Å². The largest absolute Gasteiger partial charge is 0.496 e. The van der Waals surface area contributed by atoms with Crippen LogP contribution < -0.4 is 10.1 Å². The summed E-state index contributed by atoms with van der Waals surface area (Å²) < 4.78 is 5.49. The number of hydrogen-bond acceptors (Lipinski definition) is 4. The summed E-state index contributed by atoms with van der Waals surface area (Å²) in [5, 5.41) is 12.9. The van der Waals surface area contributed by atoms with E-state index in [4.69, 9.17) is 4.74 Å². The first-order valence-corrected chi connectivity index (χ1v) is 7.88. The zero-order valence-corrected chi connectivity index (χ0v) is 13.5. The van der Waals surface area contributed by atoms with Crippen LogP contribution in [0.5, 0.6) is 5.75 Å². The lowest BCUT2D eigenvalue weighted by atomic mass is 9.92. The highest BCUT2D eigenvalue weighted by Gasteiger charge is 2.44. The van der Waals surface area contributed by atoms with Crippen molar-refractivity contribution < 1.29 is 19.4 Å². The number of carbonyl (C=O) groups excluding carboxylic acids is 2. The van der Waals surface area contributed by atoms with Gasteiger partial charge in [0.1, 0.15) is 11.4 Å². The van der Waals surface area contributed by atoms with Crippen LogP contribution in [0, 0.1) is 0 Å². The maximum atomic E-state index is 12.7. The Kier molecular flexibility index (Phi) is 4.02. The minimum absolute atomic E-state index is 0.135. The molecule has 1 aliphatic heterocycles. The molecule has 6 heteroatoms. The first kappa shape index (κ1) is 15.8. The highest BCUT2D eigenvalue weighted by molar-refractivity contribution is 5.98. The van der Waals surface area contributed by atoms with Crippen LogP contribution in [0.15, 0.2) is 12.1 Å². The van der Waals surface area contributed by atoms with E-state index in [1.165, 1.54) is 12.5 Å². The Hall–Kier alpha value is -2.08. The van der Waals surface area contributed by atoms with E-state index in [9.17, 15) is 14.7 Å². The van der Waals surface area contributed by atoms with Crippen LogP contribution in [0.25, 0.3) is 0 Å². The molecule has 1 fully saturated rings. The SMILES string of the molecule is COc1c(C(=O)N2CC(O)(CNC(C)=O)C2)ccc2c1CCC2. The summed E-state index contributed by atoms with van der Waals surface area (Å²) >= 11 is 0. The van der Waals surface area contributed by atoms with Crippen molar-refractivity contribution in [3.05, 3.63) is 28.8 Å². The minimum atomic E-state index is -1.04. The van der Waals surface area contributed by atoms with Crippen molar-refractivity contribution >= 4 is 11.8 Å². The predicted octanol–water partition coefficient (Wildman–Crippen LogP) is 0.507. The van der Waals surface area contributed by atoms with Gasteiger partial charge in [0.05, 0.1) is 25.8 Å². The second-order valence-electron chi connectivity index (χ2n) is 6.43. The van der Waals surface area contributed by atoms with Crippen molar-refractivity contribution in [2.75, 3.05) is 26.7 Å². The monoisotopic (exact) mass is 318 g/mol. The first-order chi connectivity index (χ1) is 10.9. The van der Waals surface area contributed by atoms with Gasteiger partial charge >= 0.3 is 0 Å². The van der Waals surface area contributed by atoms with E-state index in [2.05, 4.69) is 5.32 Å². The van der Waals surface area contributed by atoms with Gasteiger partial charge in [-0.2, -0.15) is 0 Å². The molecule has 2 aliphatic rings. The summed E-state index contributed by atoms with van der Waals surface area (Å²) in [6.07, 6.45) is 3.05. The molecule has 1 heterocycles. The maximum absolute atomic E-state index is 12.7. The van der Waals surface area contributed by atoms with Crippen LogP contribution >= 0.6 is 0 Å².